The summed E-state index contributed by atoms with van der Waals surface area (Å²) in [5, 5.41) is 36.1. The van der Waals surface area contributed by atoms with Gasteiger partial charge >= 0.3 is 0 Å². The van der Waals surface area contributed by atoms with E-state index in [0.29, 0.717) is 16.7 Å². The number of benzene rings is 8. The second-order valence-electron chi connectivity index (χ2n) is 12.6. The molecule has 9 rings (SSSR count). The van der Waals surface area contributed by atoms with Crippen LogP contribution in [-0.2, 0) is 0 Å². The molecule has 0 aliphatic carbocycles. The molecule has 4 heteroatoms. The van der Waals surface area contributed by atoms with Gasteiger partial charge in [0.25, 0.3) is 0 Å². The van der Waals surface area contributed by atoms with Crippen LogP contribution < -0.4 is 0 Å². The molecule has 51 heavy (non-hydrogen) atoms. The predicted molar refractivity (Wildman–Crippen MR) is 206 cm³/mol. The molecule has 0 spiro atoms. The quantitative estimate of drug-likeness (QED) is 0.179. The standard InChI is InChI=1S/C47H26N4/c48-27-30-18-21-34(35-12-8-9-17-43(35)51-44-22-19-31(28-49)24-40(44)41-25-32(29-50)20-23-45(41)51)42(26-30)47-38-15-6-4-13-36(38)46(33-10-2-1-3-11-33)37-14-5-7-16-39(37)47/h1-26H. The van der Waals surface area contributed by atoms with Crippen LogP contribution in [0.25, 0.3) is 82.4 Å². The van der Waals surface area contributed by atoms with E-state index in [1.54, 1.807) is 0 Å². The number of hydrogen-bond donors (Lipinski definition) is 0. The van der Waals surface area contributed by atoms with Crippen LogP contribution >= 0.6 is 0 Å². The van der Waals surface area contributed by atoms with Crippen molar-refractivity contribution in [2.45, 2.75) is 0 Å². The fraction of sp³-hybridized carbons (Fsp3) is 0. The first-order valence-corrected chi connectivity index (χ1v) is 16.7. The molecule has 0 radical (unpaired) electrons. The zero-order valence-corrected chi connectivity index (χ0v) is 27.3. The van der Waals surface area contributed by atoms with Crippen molar-refractivity contribution >= 4 is 43.4 Å². The van der Waals surface area contributed by atoms with Gasteiger partial charge in [0.2, 0.25) is 0 Å². The van der Waals surface area contributed by atoms with Gasteiger partial charge in [0.1, 0.15) is 0 Å². The van der Waals surface area contributed by atoms with Crippen LogP contribution in [0.15, 0.2) is 158 Å². The Hall–Kier alpha value is -7.45. The molecule has 1 aromatic heterocycles. The third-order valence-electron chi connectivity index (χ3n) is 9.87. The van der Waals surface area contributed by atoms with Gasteiger partial charge in [-0.1, -0.05) is 103 Å². The van der Waals surface area contributed by atoms with Crippen LogP contribution in [-0.4, -0.2) is 4.57 Å². The molecule has 0 aliphatic rings. The predicted octanol–water partition coefficient (Wildman–Crippen LogP) is 11.7. The Morgan fingerprint density at radius 1 is 0.353 bits per heavy atom. The third kappa shape index (κ3) is 4.66. The highest BCUT2D eigenvalue weighted by Gasteiger charge is 2.22. The van der Waals surface area contributed by atoms with Crippen molar-refractivity contribution in [3.63, 3.8) is 0 Å². The van der Waals surface area contributed by atoms with Crippen molar-refractivity contribution < 1.29 is 0 Å². The highest BCUT2D eigenvalue weighted by atomic mass is 15.0. The van der Waals surface area contributed by atoms with Crippen molar-refractivity contribution in [2.24, 2.45) is 0 Å². The minimum atomic E-state index is 0.560. The molecule has 0 amide bonds. The van der Waals surface area contributed by atoms with Gasteiger partial charge in [-0.15, -0.1) is 0 Å². The summed E-state index contributed by atoms with van der Waals surface area (Å²) in [4.78, 5) is 0. The summed E-state index contributed by atoms with van der Waals surface area (Å²) in [6.45, 7) is 0. The summed E-state index contributed by atoms with van der Waals surface area (Å²) in [6, 6.07) is 60.3. The maximum Gasteiger partial charge on any atom is 0.0991 e. The summed E-state index contributed by atoms with van der Waals surface area (Å²) in [7, 11) is 0. The largest absolute Gasteiger partial charge is 0.309 e. The van der Waals surface area contributed by atoms with Gasteiger partial charge < -0.3 is 4.57 Å². The zero-order chi connectivity index (χ0) is 34.5. The summed E-state index contributed by atoms with van der Waals surface area (Å²) >= 11 is 0. The van der Waals surface area contributed by atoms with E-state index in [-0.39, 0.29) is 0 Å². The van der Waals surface area contributed by atoms with Crippen molar-refractivity contribution in [3.05, 3.63) is 174 Å². The lowest BCUT2D eigenvalue weighted by atomic mass is 9.83. The van der Waals surface area contributed by atoms with Crippen molar-refractivity contribution in [2.75, 3.05) is 0 Å². The minimum Gasteiger partial charge on any atom is -0.309 e. The topological polar surface area (TPSA) is 76.3 Å². The van der Waals surface area contributed by atoms with E-state index in [1.807, 2.05) is 66.7 Å². The molecule has 1 heterocycles. The number of hydrogen-bond acceptors (Lipinski definition) is 3. The van der Waals surface area contributed by atoms with Gasteiger partial charge in [0.15, 0.2) is 0 Å². The number of rotatable bonds is 4. The number of fused-ring (bicyclic) bond motifs is 5. The van der Waals surface area contributed by atoms with Crippen LogP contribution in [0.1, 0.15) is 16.7 Å². The van der Waals surface area contributed by atoms with Crippen LogP contribution in [0.2, 0.25) is 0 Å². The molecule has 0 N–H and O–H groups in total. The molecule has 0 aliphatic heterocycles. The Morgan fingerprint density at radius 3 is 1.39 bits per heavy atom. The van der Waals surface area contributed by atoms with Crippen LogP contribution in [0, 0.1) is 34.0 Å². The molecule has 0 fully saturated rings. The summed E-state index contributed by atoms with van der Waals surface area (Å²) in [5.41, 5.74) is 10.9. The van der Waals surface area contributed by atoms with E-state index < -0.39 is 0 Å². The number of aromatic nitrogens is 1. The first kappa shape index (κ1) is 29.7. The van der Waals surface area contributed by atoms with Gasteiger partial charge in [-0.2, -0.15) is 15.8 Å². The Morgan fingerprint density at radius 2 is 0.824 bits per heavy atom. The fourth-order valence-corrected chi connectivity index (χ4v) is 7.71. The Balaban J connectivity index is 1.39. The summed E-state index contributed by atoms with van der Waals surface area (Å²) in [5.74, 6) is 0. The molecule has 234 valence electrons. The minimum absolute atomic E-state index is 0.560. The van der Waals surface area contributed by atoms with Crippen LogP contribution in [0.4, 0.5) is 0 Å². The van der Waals surface area contributed by atoms with E-state index in [4.69, 9.17) is 0 Å². The van der Waals surface area contributed by atoms with Gasteiger partial charge in [0, 0.05) is 16.3 Å². The normalized spacial score (nSPS) is 11.1. The van der Waals surface area contributed by atoms with Gasteiger partial charge in [0.05, 0.1) is 51.6 Å². The second-order valence-corrected chi connectivity index (χ2v) is 12.6. The first-order valence-electron chi connectivity index (χ1n) is 16.7. The molecular weight excluding hydrogens is 621 g/mol. The first-order chi connectivity index (χ1) is 25.2. The lowest BCUT2D eigenvalue weighted by Gasteiger charge is -2.21. The van der Waals surface area contributed by atoms with Crippen LogP contribution in [0.5, 0.6) is 0 Å². The maximum atomic E-state index is 10.2. The van der Waals surface area contributed by atoms with Gasteiger partial charge in [-0.25, -0.2) is 0 Å². The summed E-state index contributed by atoms with van der Waals surface area (Å²) in [6.07, 6.45) is 0. The monoisotopic (exact) mass is 646 g/mol. The molecule has 0 bridgehead atoms. The average molecular weight is 647 g/mol. The molecule has 8 aromatic carbocycles. The Bertz CT molecular complexity index is 2870. The van der Waals surface area contributed by atoms with Crippen molar-refractivity contribution in [3.8, 4) is 57.3 Å². The number of para-hydroxylation sites is 1. The van der Waals surface area contributed by atoms with E-state index in [1.165, 1.54) is 5.56 Å². The Kier molecular flexibility index (Phi) is 6.93. The van der Waals surface area contributed by atoms with Crippen molar-refractivity contribution in [1.82, 2.24) is 4.57 Å². The van der Waals surface area contributed by atoms with Crippen LogP contribution in [0.3, 0.4) is 0 Å². The van der Waals surface area contributed by atoms with E-state index >= 15 is 0 Å². The second kappa shape index (κ2) is 11.9. The highest BCUT2D eigenvalue weighted by Crippen LogP contribution is 2.47. The molecule has 0 saturated carbocycles. The zero-order valence-electron chi connectivity index (χ0n) is 27.3. The molecule has 9 aromatic rings. The lowest BCUT2D eigenvalue weighted by Crippen LogP contribution is -1.99. The lowest BCUT2D eigenvalue weighted by molar-refractivity contribution is 1.18. The number of nitriles is 3. The average Bonchev–Trinajstić information content (AvgIpc) is 3.52. The molecule has 0 atom stereocenters. The third-order valence-corrected chi connectivity index (χ3v) is 9.87. The van der Waals surface area contributed by atoms with Gasteiger partial charge in [-0.05, 0) is 104 Å². The molecule has 4 nitrogen and oxygen atoms in total. The smallest absolute Gasteiger partial charge is 0.0991 e. The summed E-state index contributed by atoms with van der Waals surface area (Å²) < 4.78 is 2.22. The molecule has 0 saturated heterocycles. The van der Waals surface area contributed by atoms with E-state index in [9.17, 15) is 15.8 Å². The molecular formula is C47H26N4. The Labute approximate surface area is 294 Å². The molecule has 0 unspecified atom stereocenters. The highest BCUT2D eigenvalue weighted by molar-refractivity contribution is 6.22. The number of nitrogens with zero attached hydrogens (tertiary/aromatic N) is 4. The van der Waals surface area contributed by atoms with E-state index in [2.05, 4.69) is 114 Å². The maximum absolute atomic E-state index is 10.2. The van der Waals surface area contributed by atoms with Gasteiger partial charge in [-0.3, -0.25) is 0 Å². The van der Waals surface area contributed by atoms with E-state index in [0.717, 1.165) is 76.9 Å². The van der Waals surface area contributed by atoms with Crippen molar-refractivity contribution in [1.29, 1.82) is 15.8 Å². The fourth-order valence-electron chi connectivity index (χ4n) is 7.71. The SMILES string of the molecule is N#Cc1ccc(-c2ccccc2-n2c3ccc(C#N)cc3c3cc(C#N)ccc32)c(-c2c3ccccc3c(-c3ccccc3)c3ccccc23)c1.